The van der Waals surface area contributed by atoms with E-state index in [2.05, 4.69) is 35.1 Å². The van der Waals surface area contributed by atoms with Crippen molar-refractivity contribution in [3.05, 3.63) is 81.8 Å². The van der Waals surface area contributed by atoms with E-state index in [0.29, 0.717) is 18.0 Å². The maximum Gasteiger partial charge on any atom is 0.261 e. The number of morpholine rings is 1. The molecule has 4 rings (SSSR count). The van der Waals surface area contributed by atoms with Crippen LogP contribution in [0, 0.1) is 0 Å². The van der Waals surface area contributed by atoms with Crippen LogP contribution in [0.3, 0.4) is 0 Å². The van der Waals surface area contributed by atoms with Crippen molar-refractivity contribution in [1.82, 2.24) is 15.2 Å². The average Bonchev–Trinajstić information content (AvgIpc) is 3.27. The topological polar surface area (TPSA) is 87.6 Å². The molecule has 0 bridgehead atoms. The number of ether oxygens (including phenoxy) is 1. The van der Waals surface area contributed by atoms with E-state index < -0.39 is 11.5 Å². The molecule has 162 valence electrons. The molecular weight excluding hydrogens is 394 g/mol. The molecule has 2 N–H and O–H groups in total. The fourth-order valence-corrected chi connectivity index (χ4v) is 4.04. The minimum absolute atomic E-state index is 0.0728. The molecule has 0 spiro atoms. The molecule has 2 aromatic heterocycles. The second-order valence-electron chi connectivity index (χ2n) is 7.99. The van der Waals surface area contributed by atoms with Crippen LogP contribution in [-0.4, -0.2) is 41.1 Å². The summed E-state index contributed by atoms with van der Waals surface area (Å²) in [6.07, 6.45) is 1.93. The average molecular weight is 421 g/mol. The number of hydrogen-bond acceptors (Lipinski definition) is 5. The van der Waals surface area contributed by atoms with Gasteiger partial charge in [0.25, 0.3) is 11.5 Å². The van der Waals surface area contributed by atoms with Crippen LogP contribution in [0.2, 0.25) is 0 Å². The molecule has 3 heterocycles. The van der Waals surface area contributed by atoms with Gasteiger partial charge in [-0.15, -0.1) is 0 Å². The predicted molar refractivity (Wildman–Crippen MR) is 118 cm³/mol. The van der Waals surface area contributed by atoms with Crippen LogP contribution in [-0.2, 0) is 17.8 Å². The molecule has 2 unspecified atom stereocenters. The predicted octanol–water partition coefficient (Wildman–Crippen LogP) is 3.17. The molecule has 1 aromatic carbocycles. The van der Waals surface area contributed by atoms with Gasteiger partial charge in [-0.3, -0.25) is 14.5 Å². The van der Waals surface area contributed by atoms with Gasteiger partial charge in [0.2, 0.25) is 0 Å². The molecule has 1 amide bonds. The normalized spacial score (nSPS) is 19.3. The largest absolute Gasteiger partial charge is 0.463 e. The number of H-pyrrole nitrogens is 1. The van der Waals surface area contributed by atoms with E-state index in [1.165, 1.54) is 12.3 Å². The van der Waals surface area contributed by atoms with E-state index in [0.717, 1.165) is 30.8 Å². The van der Waals surface area contributed by atoms with Crippen molar-refractivity contribution in [1.29, 1.82) is 0 Å². The van der Waals surface area contributed by atoms with Crippen LogP contribution in [0.1, 0.15) is 35.3 Å². The Balaban J connectivity index is 1.42. The molecule has 7 heteroatoms. The van der Waals surface area contributed by atoms with Crippen LogP contribution in [0.25, 0.3) is 11.5 Å². The zero-order valence-electron chi connectivity index (χ0n) is 17.8. The Morgan fingerprint density at radius 2 is 1.81 bits per heavy atom. The Bertz CT molecular complexity index is 1080. The monoisotopic (exact) mass is 421 g/mol. The van der Waals surface area contributed by atoms with E-state index in [1.807, 2.05) is 18.2 Å². The first-order chi connectivity index (χ1) is 15.0. The number of carbonyl (C=O) groups excluding carboxylic acids is 1. The Morgan fingerprint density at radius 3 is 2.48 bits per heavy atom. The number of hydrogen-bond donors (Lipinski definition) is 2. The van der Waals surface area contributed by atoms with Gasteiger partial charge in [0.05, 0.1) is 24.2 Å². The molecule has 0 radical (unpaired) electrons. The van der Waals surface area contributed by atoms with Crippen LogP contribution in [0.4, 0.5) is 0 Å². The fourth-order valence-electron chi connectivity index (χ4n) is 4.04. The first kappa shape index (κ1) is 21.1. The number of carbonyl (C=O) groups is 1. The van der Waals surface area contributed by atoms with Crippen molar-refractivity contribution >= 4 is 5.91 Å². The number of aromatic amines is 1. The van der Waals surface area contributed by atoms with Crippen molar-refractivity contribution in [2.45, 2.75) is 39.1 Å². The molecule has 0 aliphatic carbocycles. The summed E-state index contributed by atoms with van der Waals surface area (Å²) >= 11 is 0. The molecule has 3 aromatic rings. The van der Waals surface area contributed by atoms with E-state index in [4.69, 9.17) is 9.15 Å². The van der Waals surface area contributed by atoms with Gasteiger partial charge in [-0.2, -0.15) is 0 Å². The van der Waals surface area contributed by atoms with Gasteiger partial charge >= 0.3 is 0 Å². The summed E-state index contributed by atoms with van der Waals surface area (Å²) in [6.45, 7) is 7.07. The number of furan rings is 1. The number of pyridine rings is 1. The molecule has 31 heavy (non-hydrogen) atoms. The highest BCUT2D eigenvalue weighted by atomic mass is 16.5. The van der Waals surface area contributed by atoms with Crippen molar-refractivity contribution in [3.8, 4) is 11.5 Å². The summed E-state index contributed by atoms with van der Waals surface area (Å²) in [6, 6.07) is 14.7. The quantitative estimate of drug-likeness (QED) is 0.638. The Labute approximate surface area is 181 Å². The lowest BCUT2D eigenvalue weighted by molar-refractivity contribution is -0.0705. The summed E-state index contributed by atoms with van der Waals surface area (Å²) in [5.74, 6) is 0.139. The number of rotatable bonds is 6. The first-order valence-electron chi connectivity index (χ1n) is 10.5. The second-order valence-corrected chi connectivity index (χ2v) is 7.99. The third-order valence-electron chi connectivity index (χ3n) is 5.39. The van der Waals surface area contributed by atoms with Gasteiger partial charge in [0.15, 0.2) is 0 Å². The molecule has 1 fully saturated rings. The van der Waals surface area contributed by atoms with Crippen LogP contribution >= 0.6 is 0 Å². The number of benzene rings is 1. The number of aromatic nitrogens is 1. The van der Waals surface area contributed by atoms with E-state index in [9.17, 15) is 9.59 Å². The lowest BCUT2D eigenvalue weighted by atomic mass is 10.1. The maximum absolute atomic E-state index is 12.6. The fraction of sp³-hybridized carbons (Fsp3) is 0.333. The van der Waals surface area contributed by atoms with E-state index in [-0.39, 0.29) is 17.8 Å². The molecule has 1 saturated heterocycles. The zero-order valence-corrected chi connectivity index (χ0v) is 17.8. The van der Waals surface area contributed by atoms with E-state index >= 15 is 0 Å². The zero-order chi connectivity index (χ0) is 21.8. The number of amides is 1. The van der Waals surface area contributed by atoms with Crippen molar-refractivity contribution < 1.29 is 13.9 Å². The lowest BCUT2D eigenvalue weighted by Gasteiger charge is -2.35. The summed E-state index contributed by atoms with van der Waals surface area (Å²) in [7, 11) is 0. The highest BCUT2D eigenvalue weighted by molar-refractivity contribution is 5.94. The molecule has 2 atom stereocenters. The van der Waals surface area contributed by atoms with Gasteiger partial charge in [0, 0.05) is 26.2 Å². The lowest BCUT2D eigenvalue weighted by Crippen LogP contribution is -2.45. The molecule has 0 saturated carbocycles. The van der Waals surface area contributed by atoms with Gasteiger partial charge in [-0.25, -0.2) is 0 Å². The standard InChI is InChI=1S/C24H27N3O4/c1-16-13-27(14-17(2)31-16)15-19-7-4-3-6-18(19)12-25-23(28)20-9-10-21(26-24(20)29)22-8-5-11-30-22/h3-11,16-17H,12-15H2,1-2H3,(H,25,28)(H,26,29). The van der Waals surface area contributed by atoms with Crippen LogP contribution < -0.4 is 10.9 Å². The molecule has 1 aliphatic rings. The third-order valence-corrected chi connectivity index (χ3v) is 5.39. The summed E-state index contributed by atoms with van der Waals surface area (Å²) in [5, 5.41) is 2.88. The maximum atomic E-state index is 12.6. The van der Waals surface area contributed by atoms with Crippen molar-refractivity contribution in [2.24, 2.45) is 0 Å². The van der Waals surface area contributed by atoms with E-state index in [1.54, 1.807) is 18.2 Å². The van der Waals surface area contributed by atoms with Crippen LogP contribution in [0.15, 0.2) is 64.0 Å². The minimum atomic E-state index is -0.448. The Morgan fingerprint density at radius 1 is 1.06 bits per heavy atom. The Hall–Kier alpha value is -3.16. The highest BCUT2D eigenvalue weighted by Gasteiger charge is 2.22. The molecular formula is C24H27N3O4. The summed E-state index contributed by atoms with van der Waals surface area (Å²) < 4.78 is 11.1. The molecule has 1 aliphatic heterocycles. The molecule has 7 nitrogen and oxygen atoms in total. The Kier molecular flexibility index (Phi) is 6.34. The minimum Gasteiger partial charge on any atom is -0.463 e. The van der Waals surface area contributed by atoms with Gasteiger partial charge in [-0.05, 0) is 49.2 Å². The first-order valence-corrected chi connectivity index (χ1v) is 10.5. The van der Waals surface area contributed by atoms with Crippen LogP contribution in [0.5, 0.6) is 0 Å². The number of nitrogens with zero attached hydrogens (tertiary/aromatic N) is 1. The number of nitrogens with one attached hydrogen (secondary N) is 2. The van der Waals surface area contributed by atoms with Gasteiger partial charge in [0.1, 0.15) is 11.3 Å². The smallest absolute Gasteiger partial charge is 0.261 e. The SMILES string of the molecule is CC1CN(Cc2ccccc2CNC(=O)c2ccc(-c3ccco3)[nH]c2=O)CC(C)O1. The van der Waals surface area contributed by atoms with Gasteiger partial charge in [-0.1, -0.05) is 24.3 Å². The van der Waals surface area contributed by atoms with Crippen molar-refractivity contribution in [3.63, 3.8) is 0 Å². The second kappa shape index (κ2) is 9.32. The summed E-state index contributed by atoms with van der Waals surface area (Å²) in [5.41, 5.74) is 2.35. The highest BCUT2D eigenvalue weighted by Crippen LogP contribution is 2.18. The van der Waals surface area contributed by atoms with Gasteiger partial charge < -0.3 is 19.5 Å². The van der Waals surface area contributed by atoms with Crippen molar-refractivity contribution in [2.75, 3.05) is 13.1 Å². The summed E-state index contributed by atoms with van der Waals surface area (Å²) in [4.78, 5) is 30.1. The third kappa shape index (κ3) is 5.13.